The molecular formula is C18H20N6O3. The van der Waals surface area contributed by atoms with Gasteiger partial charge in [-0.3, -0.25) is 9.59 Å². The average Bonchev–Trinajstić information content (AvgIpc) is 3.27. The first-order valence-electron chi connectivity index (χ1n) is 8.59. The molecule has 27 heavy (non-hydrogen) atoms. The summed E-state index contributed by atoms with van der Waals surface area (Å²) in [5, 5.41) is 23.5. The molecule has 1 amide bonds. The van der Waals surface area contributed by atoms with Gasteiger partial charge >= 0.3 is 5.97 Å². The van der Waals surface area contributed by atoms with Gasteiger partial charge in [-0.2, -0.15) is 5.10 Å². The third-order valence-electron chi connectivity index (χ3n) is 3.91. The van der Waals surface area contributed by atoms with Crippen LogP contribution in [0, 0.1) is 0 Å². The third-order valence-corrected chi connectivity index (χ3v) is 3.91. The van der Waals surface area contributed by atoms with E-state index in [9.17, 15) is 9.59 Å². The minimum Gasteiger partial charge on any atom is -0.480 e. The van der Waals surface area contributed by atoms with E-state index < -0.39 is 5.97 Å². The van der Waals surface area contributed by atoms with E-state index in [4.69, 9.17) is 5.11 Å². The number of hydrogen-bond acceptors (Lipinski definition) is 5. The number of para-hydroxylation sites is 1. The highest BCUT2D eigenvalue weighted by Crippen LogP contribution is 2.17. The van der Waals surface area contributed by atoms with Gasteiger partial charge < -0.3 is 10.4 Å². The Balaban J connectivity index is 1.73. The summed E-state index contributed by atoms with van der Waals surface area (Å²) in [6, 6.07) is 9.65. The standard InChI is InChI=1S/C18H20N6O3/c1-2-6-16-15(10-20-24(16)14-7-4-3-5-8-14)18(27)19-9-13-11-23(22-21-13)12-17(25)26/h3-5,7-8,10-11H,2,6,9,12H2,1H3,(H,19,27)(H,25,26). The van der Waals surface area contributed by atoms with Gasteiger partial charge in [0.25, 0.3) is 5.91 Å². The summed E-state index contributed by atoms with van der Waals surface area (Å²) >= 11 is 0. The summed E-state index contributed by atoms with van der Waals surface area (Å²) in [5.74, 6) is -1.26. The first-order chi connectivity index (χ1) is 13.1. The monoisotopic (exact) mass is 368 g/mol. The minimum atomic E-state index is -1.01. The fourth-order valence-electron chi connectivity index (χ4n) is 2.73. The smallest absolute Gasteiger partial charge is 0.325 e. The second kappa shape index (κ2) is 8.26. The van der Waals surface area contributed by atoms with Crippen LogP contribution in [0.4, 0.5) is 0 Å². The van der Waals surface area contributed by atoms with Gasteiger partial charge in [0.2, 0.25) is 0 Å². The molecule has 2 aromatic heterocycles. The number of carbonyl (C=O) groups is 2. The van der Waals surface area contributed by atoms with E-state index in [0.717, 1.165) is 17.8 Å². The molecule has 0 aliphatic carbocycles. The number of aliphatic carboxylic acids is 1. The van der Waals surface area contributed by atoms with E-state index in [0.29, 0.717) is 17.7 Å². The number of benzene rings is 1. The highest BCUT2D eigenvalue weighted by molar-refractivity contribution is 5.95. The minimum absolute atomic E-state index is 0.153. The molecule has 0 aliphatic heterocycles. The molecule has 140 valence electrons. The molecule has 9 nitrogen and oxygen atoms in total. The van der Waals surface area contributed by atoms with Crippen LogP contribution >= 0.6 is 0 Å². The van der Waals surface area contributed by atoms with Crippen molar-refractivity contribution in [2.45, 2.75) is 32.9 Å². The topological polar surface area (TPSA) is 115 Å². The van der Waals surface area contributed by atoms with Gasteiger partial charge in [0, 0.05) is 0 Å². The molecule has 0 atom stereocenters. The first kappa shape index (κ1) is 18.3. The van der Waals surface area contributed by atoms with Gasteiger partial charge in [0.05, 0.1) is 35.9 Å². The van der Waals surface area contributed by atoms with E-state index >= 15 is 0 Å². The highest BCUT2D eigenvalue weighted by Gasteiger charge is 2.18. The van der Waals surface area contributed by atoms with Crippen LogP contribution in [0.25, 0.3) is 5.69 Å². The molecule has 0 spiro atoms. The van der Waals surface area contributed by atoms with E-state index in [-0.39, 0.29) is 19.0 Å². The molecule has 3 aromatic rings. The molecule has 2 heterocycles. The van der Waals surface area contributed by atoms with E-state index in [1.54, 1.807) is 10.9 Å². The first-order valence-corrected chi connectivity index (χ1v) is 8.59. The van der Waals surface area contributed by atoms with Gasteiger partial charge in [-0.05, 0) is 18.6 Å². The molecule has 0 aliphatic rings. The van der Waals surface area contributed by atoms with Crippen molar-refractivity contribution >= 4 is 11.9 Å². The van der Waals surface area contributed by atoms with Crippen LogP contribution in [0.15, 0.2) is 42.7 Å². The lowest BCUT2D eigenvalue weighted by molar-refractivity contribution is -0.137. The molecule has 0 radical (unpaired) electrons. The predicted molar refractivity (Wildman–Crippen MR) is 96.4 cm³/mol. The number of carboxylic acids is 1. The maximum atomic E-state index is 12.6. The van der Waals surface area contributed by atoms with Crippen molar-refractivity contribution in [3.05, 3.63) is 59.7 Å². The van der Waals surface area contributed by atoms with Crippen molar-refractivity contribution in [2.75, 3.05) is 0 Å². The lowest BCUT2D eigenvalue weighted by Gasteiger charge is -2.09. The van der Waals surface area contributed by atoms with Gasteiger partial charge in [-0.25, -0.2) is 9.36 Å². The van der Waals surface area contributed by atoms with Crippen LogP contribution in [-0.2, 0) is 24.3 Å². The van der Waals surface area contributed by atoms with Gasteiger partial charge in [0.1, 0.15) is 12.2 Å². The lowest BCUT2D eigenvalue weighted by atomic mass is 10.1. The SMILES string of the molecule is CCCc1c(C(=O)NCc2cn(CC(=O)O)nn2)cnn1-c1ccccc1. The number of hydrogen-bond donors (Lipinski definition) is 2. The number of aromatic nitrogens is 5. The normalized spacial score (nSPS) is 10.7. The van der Waals surface area contributed by atoms with E-state index in [1.165, 1.54) is 10.9 Å². The Hall–Kier alpha value is -3.49. The van der Waals surface area contributed by atoms with Crippen LogP contribution in [0.3, 0.4) is 0 Å². The number of amides is 1. The molecule has 0 saturated heterocycles. The van der Waals surface area contributed by atoms with Crippen molar-refractivity contribution < 1.29 is 14.7 Å². The highest BCUT2D eigenvalue weighted by atomic mass is 16.4. The van der Waals surface area contributed by atoms with E-state index in [1.807, 2.05) is 37.3 Å². The molecule has 9 heteroatoms. The van der Waals surface area contributed by atoms with Crippen molar-refractivity contribution in [3.8, 4) is 5.69 Å². The Morgan fingerprint density at radius 1 is 1.22 bits per heavy atom. The van der Waals surface area contributed by atoms with Crippen LogP contribution < -0.4 is 5.32 Å². The number of rotatable bonds is 8. The molecule has 2 N–H and O–H groups in total. The maximum Gasteiger partial charge on any atom is 0.325 e. The van der Waals surface area contributed by atoms with Crippen LogP contribution in [0.2, 0.25) is 0 Å². The molecule has 0 unspecified atom stereocenters. The van der Waals surface area contributed by atoms with E-state index in [2.05, 4.69) is 20.7 Å². The Kier molecular flexibility index (Phi) is 5.60. The third kappa shape index (κ3) is 4.38. The van der Waals surface area contributed by atoms with Crippen molar-refractivity contribution in [2.24, 2.45) is 0 Å². The zero-order valence-electron chi connectivity index (χ0n) is 14.9. The summed E-state index contributed by atoms with van der Waals surface area (Å²) in [5.41, 5.74) is 2.74. The fourth-order valence-corrected chi connectivity index (χ4v) is 2.73. The summed E-state index contributed by atoms with van der Waals surface area (Å²) in [4.78, 5) is 23.3. The van der Waals surface area contributed by atoms with Gasteiger partial charge in [-0.1, -0.05) is 36.8 Å². The molecule has 0 fully saturated rings. The van der Waals surface area contributed by atoms with Crippen molar-refractivity contribution in [1.29, 1.82) is 0 Å². The lowest BCUT2D eigenvalue weighted by Crippen LogP contribution is -2.24. The van der Waals surface area contributed by atoms with Crippen LogP contribution in [-0.4, -0.2) is 41.8 Å². The predicted octanol–water partition coefficient (Wildman–Crippen LogP) is 1.43. The fraction of sp³-hybridized carbons (Fsp3) is 0.278. The average molecular weight is 368 g/mol. The Morgan fingerprint density at radius 3 is 2.70 bits per heavy atom. The van der Waals surface area contributed by atoms with Crippen LogP contribution in [0.1, 0.15) is 35.1 Å². The number of nitrogens with one attached hydrogen (secondary N) is 1. The zero-order valence-corrected chi connectivity index (χ0v) is 14.9. The number of nitrogens with zero attached hydrogens (tertiary/aromatic N) is 5. The Bertz CT molecular complexity index is 932. The number of carbonyl (C=O) groups excluding carboxylic acids is 1. The quantitative estimate of drug-likeness (QED) is 0.621. The van der Waals surface area contributed by atoms with Crippen molar-refractivity contribution in [1.82, 2.24) is 30.1 Å². The molecule has 3 rings (SSSR count). The maximum absolute atomic E-state index is 12.6. The van der Waals surface area contributed by atoms with Gasteiger partial charge in [-0.15, -0.1) is 5.10 Å². The Morgan fingerprint density at radius 2 is 2.00 bits per heavy atom. The second-order valence-electron chi connectivity index (χ2n) is 5.99. The zero-order chi connectivity index (χ0) is 19.2. The summed E-state index contributed by atoms with van der Waals surface area (Å²) in [6.45, 7) is 1.93. The van der Waals surface area contributed by atoms with Crippen LogP contribution in [0.5, 0.6) is 0 Å². The van der Waals surface area contributed by atoms with Crippen molar-refractivity contribution in [3.63, 3.8) is 0 Å². The second-order valence-corrected chi connectivity index (χ2v) is 5.99. The molecular weight excluding hydrogens is 348 g/mol. The summed E-state index contributed by atoms with van der Waals surface area (Å²) in [7, 11) is 0. The van der Waals surface area contributed by atoms with Gasteiger partial charge in [0.15, 0.2) is 0 Å². The summed E-state index contributed by atoms with van der Waals surface area (Å²) in [6.07, 6.45) is 4.65. The Labute approximate surface area is 155 Å². The summed E-state index contributed by atoms with van der Waals surface area (Å²) < 4.78 is 2.99. The molecule has 1 aromatic carbocycles. The molecule has 0 saturated carbocycles. The molecule has 0 bridgehead atoms. The number of carboxylic acid groups (broad SMARTS) is 1. The largest absolute Gasteiger partial charge is 0.480 e.